The number of nitrogens with one attached hydrogen (secondary N) is 2. The van der Waals surface area contributed by atoms with Gasteiger partial charge in [-0.15, -0.1) is 0 Å². The Bertz CT molecular complexity index is 491. The third-order valence-electron chi connectivity index (χ3n) is 3.12. The lowest BCUT2D eigenvalue weighted by atomic mass is 10.2. The van der Waals surface area contributed by atoms with Gasteiger partial charge in [0.25, 0.3) is 0 Å². The number of aromatic nitrogens is 2. The molecular formula is C13H16N4O. The van der Waals surface area contributed by atoms with E-state index in [1.807, 2.05) is 30.3 Å². The van der Waals surface area contributed by atoms with E-state index in [2.05, 4.69) is 20.8 Å². The van der Waals surface area contributed by atoms with Gasteiger partial charge in [-0.3, -0.25) is 0 Å². The second-order valence-electron chi connectivity index (χ2n) is 4.46. The van der Waals surface area contributed by atoms with Crippen LogP contribution in [0.2, 0.25) is 0 Å². The maximum atomic E-state index is 5.18. The zero-order chi connectivity index (χ0) is 12.2. The van der Waals surface area contributed by atoms with E-state index in [1.165, 1.54) is 12.8 Å². The monoisotopic (exact) mass is 244 g/mol. The van der Waals surface area contributed by atoms with Crippen LogP contribution in [0.4, 0.5) is 6.01 Å². The Morgan fingerprint density at radius 1 is 1.33 bits per heavy atom. The van der Waals surface area contributed by atoms with Gasteiger partial charge in [0.15, 0.2) is 0 Å². The van der Waals surface area contributed by atoms with Crippen LogP contribution in [0.15, 0.2) is 34.9 Å². The van der Waals surface area contributed by atoms with Gasteiger partial charge in [-0.05, 0) is 19.4 Å². The maximum Gasteiger partial charge on any atom is 0.321 e. The Labute approximate surface area is 106 Å². The number of hydrogen-bond acceptors (Lipinski definition) is 5. The zero-order valence-corrected chi connectivity index (χ0v) is 10.1. The lowest BCUT2D eigenvalue weighted by molar-refractivity contribution is 0.429. The molecule has 2 N–H and O–H groups in total. The number of anilines is 1. The fourth-order valence-electron chi connectivity index (χ4n) is 2.14. The Hall–Kier alpha value is -1.88. The predicted molar refractivity (Wildman–Crippen MR) is 69.2 cm³/mol. The van der Waals surface area contributed by atoms with E-state index in [0.29, 0.717) is 17.9 Å². The molecule has 1 aliphatic rings. The molecule has 1 fully saturated rings. The van der Waals surface area contributed by atoms with E-state index >= 15 is 0 Å². The summed E-state index contributed by atoms with van der Waals surface area (Å²) in [5.74, 6) is 0.623. The molecule has 0 saturated carbocycles. The molecule has 1 aromatic carbocycles. The fourth-order valence-corrected chi connectivity index (χ4v) is 2.14. The summed E-state index contributed by atoms with van der Waals surface area (Å²) in [4.78, 5) is 4.32. The van der Waals surface area contributed by atoms with E-state index in [9.17, 15) is 0 Å². The first kappa shape index (κ1) is 11.2. The average molecular weight is 244 g/mol. The van der Waals surface area contributed by atoms with Crippen molar-refractivity contribution in [1.29, 1.82) is 0 Å². The minimum atomic E-state index is 0.488. The van der Waals surface area contributed by atoms with E-state index in [0.717, 1.165) is 18.7 Å². The lowest BCUT2D eigenvalue weighted by Gasteiger charge is -2.08. The number of hydrogen-bond donors (Lipinski definition) is 2. The van der Waals surface area contributed by atoms with Crippen LogP contribution < -0.4 is 10.6 Å². The van der Waals surface area contributed by atoms with Crippen LogP contribution in [0.5, 0.6) is 0 Å². The summed E-state index contributed by atoms with van der Waals surface area (Å²) in [6.07, 6.45) is 2.44. The van der Waals surface area contributed by atoms with E-state index < -0.39 is 0 Å². The zero-order valence-electron chi connectivity index (χ0n) is 10.1. The molecule has 1 aromatic heterocycles. The van der Waals surface area contributed by atoms with Crippen LogP contribution in [-0.2, 0) is 0 Å². The summed E-state index contributed by atoms with van der Waals surface area (Å²) < 4.78 is 5.18. The first-order valence-electron chi connectivity index (χ1n) is 6.28. The van der Waals surface area contributed by atoms with Gasteiger partial charge in [0.05, 0.1) is 0 Å². The number of benzene rings is 1. The predicted octanol–water partition coefficient (Wildman–Crippen LogP) is 1.90. The standard InChI is InChI=1S/C13H16N4O/c1-2-5-10(6-3-1)12-16-13(18-17-12)15-9-11-7-4-8-14-11/h1-3,5-6,11,14H,4,7-9H2,(H,15,16,17). The summed E-state index contributed by atoms with van der Waals surface area (Å²) in [5.41, 5.74) is 0.966. The van der Waals surface area contributed by atoms with E-state index in [4.69, 9.17) is 4.52 Å². The highest BCUT2D eigenvalue weighted by molar-refractivity contribution is 5.54. The molecule has 2 heterocycles. The Kier molecular flexibility index (Phi) is 3.23. The fraction of sp³-hybridized carbons (Fsp3) is 0.385. The highest BCUT2D eigenvalue weighted by Crippen LogP contribution is 2.17. The molecule has 1 saturated heterocycles. The molecule has 94 valence electrons. The molecule has 18 heavy (non-hydrogen) atoms. The maximum absolute atomic E-state index is 5.18. The van der Waals surface area contributed by atoms with Gasteiger partial charge in [-0.1, -0.05) is 35.5 Å². The second kappa shape index (κ2) is 5.18. The third-order valence-corrected chi connectivity index (χ3v) is 3.12. The van der Waals surface area contributed by atoms with Crippen molar-refractivity contribution >= 4 is 6.01 Å². The van der Waals surface area contributed by atoms with Crippen molar-refractivity contribution < 1.29 is 4.52 Å². The van der Waals surface area contributed by atoms with E-state index in [1.54, 1.807) is 0 Å². The Morgan fingerprint density at radius 2 is 2.22 bits per heavy atom. The molecule has 0 radical (unpaired) electrons. The summed E-state index contributed by atoms with van der Waals surface area (Å²) in [7, 11) is 0. The van der Waals surface area contributed by atoms with Crippen molar-refractivity contribution in [3.05, 3.63) is 30.3 Å². The summed E-state index contributed by atoms with van der Waals surface area (Å²) in [5, 5.41) is 10.5. The summed E-state index contributed by atoms with van der Waals surface area (Å²) in [6.45, 7) is 1.93. The van der Waals surface area contributed by atoms with Gasteiger partial charge >= 0.3 is 6.01 Å². The highest BCUT2D eigenvalue weighted by atomic mass is 16.5. The van der Waals surface area contributed by atoms with Crippen molar-refractivity contribution in [2.24, 2.45) is 0 Å². The van der Waals surface area contributed by atoms with Crippen LogP contribution in [0.25, 0.3) is 11.4 Å². The van der Waals surface area contributed by atoms with Crippen molar-refractivity contribution in [2.75, 3.05) is 18.4 Å². The van der Waals surface area contributed by atoms with Gasteiger partial charge in [0.1, 0.15) is 0 Å². The Morgan fingerprint density at radius 3 is 3.00 bits per heavy atom. The van der Waals surface area contributed by atoms with Crippen LogP contribution in [0.3, 0.4) is 0 Å². The Balaban J connectivity index is 1.63. The molecular weight excluding hydrogens is 228 g/mol. The molecule has 0 bridgehead atoms. The average Bonchev–Trinajstić information content (AvgIpc) is 3.09. The minimum absolute atomic E-state index is 0.488. The molecule has 1 unspecified atom stereocenters. The topological polar surface area (TPSA) is 63.0 Å². The quantitative estimate of drug-likeness (QED) is 0.860. The van der Waals surface area contributed by atoms with Crippen molar-refractivity contribution in [1.82, 2.24) is 15.5 Å². The lowest BCUT2D eigenvalue weighted by Crippen LogP contribution is -2.29. The highest BCUT2D eigenvalue weighted by Gasteiger charge is 2.15. The van der Waals surface area contributed by atoms with Crippen LogP contribution in [0.1, 0.15) is 12.8 Å². The van der Waals surface area contributed by atoms with Gasteiger partial charge in [-0.25, -0.2) is 0 Å². The van der Waals surface area contributed by atoms with Crippen LogP contribution >= 0.6 is 0 Å². The molecule has 1 aliphatic heterocycles. The van der Waals surface area contributed by atoms with E-state index in [-0.39, 0.29) is 0 Å². The van der Waals surface area contributed by atoms with Gasteiger partial charge in [-0.2, -0.15) is 4.98 Å². The molecule has 5 nitrogen and oxygen atoms in total. The second-order valence-corrected chi connectivity index (χ2v) is 4.46. The number of nitrogens with zero attached hydrogens (tertiary/aromatic N) is 2. The number of rotatable bonds is 4. The largest absolute Gasteiger partial charge is 0.336 e. The SMILES string of the molecule is c1ccc(-c2noc(NCC3CCCN3)n2)cc1. The molecule has 3 rings (SSSR count). The molecule has 0 aliphatic carbocycles. The summed E-state index contributed by atoms with van der Waals surface area (Å²) >= 11 is 0. The normalized spacial score (nSPS) is 19.0. The smallest absolute Gasteiger partial charge is 0.321 e. The minimum Gasteiger partial charge on any atom is -0.336 e. The summed E-state index contributed by atoms with van der Waals surface area (Å²) in [6, 6.07) is 10.8. The van der Waals surface area contributed by atoms with Gasteiger partial charge in [0.2, 0.25) is 5.82 Å². The van der Waals surface area contributed by atoms with Crippen LogP contribution in [-0.4, -0.2) is 29.3 Å². The van der Waals surface area contributed by atoms with Gasteiger partial charge in [0, 0.05) is 18.2 Å². The first-order chi connectivity index (χ1) is 8.92. The van der Waals surface area contributed by atoms with Gasteiger partial charge < -0.3 is 15.2 Å². The third kappa shape index (κ3) is 2.51. The molecule has 5 heteroatoms. The molecule has 0 spiro atoms. The van der Waals surface area contributed by atoms with Crippen molar-refractivity contribution in [3.8, 4) is 11.4 Å². The first-order valence-corrected chi connectivity index (χ1v) is 6.28. The molecule has 0 amide bonds. The van der Waals surface area contributed by atoms with Crippen molar-refractivity contribution in [3.63, 3.8) is 0 Å². The molecule has 1 atom stereocenters. The molecule has 2 aromatic rings. The van der Waals surface area contributed by atoms with Crippen LogP contribution in [0, 0.1) is 0 Å². The van der Waals surface area contributed by atoms with Crippen molar-refractivity contribution in [2.45, 2.75) is 18.9 Å².